The second kappa shape index (κ2) is 10.1. The van der Waals surface area contributed by atoms with Crippen molar-refractivity contribution < 1.29 is 4.79 Å². The molecule has 7 heteroatoms. The van der Waals surface area contributed by atoms with E-state index < -0.39 is 0 Å². The van der Waals surface area contributed by atoms with Crippen LogP contribution in [0.5, 0.6) is 0 Å². The molecule has 3 heterocycles. The molecule has 3 N–H and O–H groups in total. The van der Waals surface area contributed by atoms with E-state index in [1.54, 1.807) is 0 Å². The van der Waals surface area contributed by atoms with Gasteiger partial charge in [-0.2, -0.15) is 5.10 Å². The Morgan fingerprint density at radius 2 is 1.61 bits per heavy atom. The van der Waals surface area contributed by atoms with E-state index in [4.69, 9.17) is 5.10 Å². The zero-order valence-electron chi connectivity index (χ0n) is 20.8. The maximum absolute atomic E-state index is 12.7. The average Bonchev–Trinajstić information content (AvgIpc) is 3.61. The van der Waals surface area contributed by atoms with Crippen molar-refractivity contribution in [2.45, 2.75) is 13.5 Å². The Morgan fingerprint density at radius 3 is 2.42 bits per heavy atom. The molecule has 0 unspecified atom stereocenters. The van der Waals surface area contributed by atoms with Gasteiger partial charge >= 0.3 is 6.03 Å². The number of aryl methyl sites for hydroxylation is 1. The number of carbonyl (C=O) groups excluding carboxylic acids is 1. The molecule has 0 spiro atoms. The minimum absolute atomic E-state index is 0.300. The van der Waals surface area contributed by atoms with Gasteiger partial charge in [-0.05, 0) is 60.0 Å². The van der Waals surface area contributed by atoms with Gasteiger partial charge in [-0.25, -0.2) is 9.78 Å². The van der Waals surface area contributed by atoms with E-state index in [0.717, 1.165) is 56.8 Å². The minimum Gasteiger partial charge on any atom is -0.346 e. The number of nitrogens with zero attached hydrogens (tertiary/aromatic N) is 3. The summed E-state index contributed by atoms with van der Waals surface area (Å²) in [6.45, 7) is 2.83. The summed E-state index contributed by atoms with van der Waals surface area (Å²) in [7, 11) is 0. The minimum atomic E-state index is -0.300. The zero-order chi connectivity index (χ0) is 25.9. The van der Waals surface area contributed by atoms with Crippen molar-refractivity contribution in [3.63, 3.8) is 0 Å². The molecular formula is C31H26N6O. The van der Waals surface area contributed by atoms with Gasteiger partial charge in [0.1, 0.15) is 11.3 Å². The molecule has 0 bridgehead atoms. The Morgan fingerprint density at radius 1 is 0.816 bits per heavy atom. The lowest BCUT2D eigenvalue weighted by Gasteiger charge is -2.10. The van der Waals surface area contributed by atoms with E-state index in [1.165, 1.54) is 0 Å². The topological polar surface area (TPSA) is 87.6 Å². The molecule has 3 aromatic carbocycles. The van der Waals surface area contributed by atoms with Crippen LogP contribution in [-0.2, 0) is 6.54 Å². The fourth-order valence-corrected chi connectivity index (χ4v) is 4.60. The molecule has 0 saturated heterocycles. The first-order valence-corrected chi connectivity index (χ1v) is 12.5. The highest BCUT2D eigenvalue weighted by molar-refractivity contribution is 6.00. The van der Waals surface area contributed by atoms with Crippen molar-refractivity contribution in [1.82, 2.24) is 19.7 Å². The highest BCUT2D eigenvalue weighted by Gasteiger charge is 2.16. The molecule has 186 valence electrons. The number of aromatic nitrogens is 4. The van der Waals surface area contributed by atoms with Gasteiger partial charge in [0.2, 0.25) is 0 Å². The number of carbonyl (C=O) groups is 1. The van der Waals surface area contributed by atoms with Crippen LogP contribution in [0.15, 0.2) is 110 Å². The number of anilines is 2. The van der Waals surface area contributed by atoms with Gasteiger partial charge in [-0.15, -0.1) is 0 Å². The molecular weight excluding hydrogens is 472 g/mol. The molecule has 0 aliphatic heterocycles. The summed E-state index contributed by atoms with van der Waals surface area (Å²) in [5, 5.41) is 11.7. The molecule has 7 nitrogen and oxygen atoms in total. The van der Waals surface area contributed by atoms with Crippen molar-refractivity contribution in [2.75, 3.05) is 10.6 Å². The van der Waals surface area contributed by atoms with E-state index in [-0.39, 0.29) is 6.03 Å². The largest absolute Gasteiger partial charge is 0.346 e. The predicted molar refractivity (Wildman–Crippen MR) is 153 cm³/mol. The van der Waals surface area contributed by atoms with E-state index >= 15 is 0 Å². The quantitative estimate of drug-likeness (QED) is 0.223. The van der Waals surface area contributed by atoms with Crippen molar-refractivity contribution in [2.24, 2.45) is 0 Å². The average molecular weight is 499 g/mol. The van der Waals surface area contributed by atoms with Crippen LogP contribution < -0.4 is 10.6 Å². The SMILES string of the molecule is CCn1cc(-c2ccnc3[nH]ccc23)c(-c2ccc(NC(=O)Nc3cccc(-c4ccccc4)c3)cc2)n1. The first-order chi connectivity index (χ1) is 18.7. The fraction of sp³-hybridized carbons (Fsp3) is 0.0645. The molecule has 0 fully saturated rings. The number of benzene rings is 3. The van der Waals surface area contributed by atoms with Gasteiger partial charge in [0.05, 0.1) is 0 Å². The molecule has 0 atom stereocenters. The van der Waals surface area contributed by atoms with Gasteiger partial charge in [-0.3, -0.25) is 4.68 Å². The first kappa shape index (κ1) is 23.2. The number of hydrogen-bond acceptors (Lipinski definition) is 3. The highest BCUT2D eigenvalue weighted by Crippen LogP contribution is 2.35. The molecule has 2 amide bonds. The lowest BCUT2D eigenvalue weighted by atomic mass is 10.0. The standard InChI is InChI=1S/C31H26N6O/c1-2-37-20-28(26-15-17-32-30-27(26)16-18-33-30)29(36-37)22-11-13-24(14-12-22)34-31(38)35-25-10-6-9-23(19-25)21-7-4-3-5-8-21/h3-20H,2H2,1H3,(H,32,33)(H2,34,35,38). The number of pyridine rings is 1. The lowest BCUT2D eigenvalue weighted by molar-refractivity contribution is 0.262. The Labute approximate surface area is 220 Å². The molecule has 6 rings (SSSR count). The monoisotopic (exact) mass is 498 g/mol. The van der Waals surface area contributed by atoms with E-state index in [0.29, 0.717) is 5.69 Å². The summed E-state index contributed by atoms with van der Waals surface area (Å²) < 4.78 is 1.94. The summed E-state index contributed by atoms with van der Waals surface area (Å²) in [6, 6.07) is 29.4. The van der Waals surface area contributed by atoms with Crippen LogP contribution in [0.25, 0.3) is 44.5 Å². The predicted octanol–water partition coefficient (Wildman–Crippen LogP) is 7.42. The molecule has 0 saturated carbocycles. The van der Waals surface area contributed by atoms with E-state index in [2.05, 4.69) is 33.7 Å². The number of H-pyrrole nitrogens is 1. The van der Waals surface area contributed by atoms with E-state index in [1.807, 2.05) is 108 Å². The maximum Gasteiger partial charge on any atom is 0.323 e. The third-order valence-electron chi connectivity index (χ3n) is 6.48. The lowest BCUT2D eigenvalue weighted by Crippen LogP contribution is -2.19. The van der Waals surface area contributed by atoms with Crippen LogP contribution in [0.2, 0.25) is 0 Å². The van der Waals surface area contributed by atoms with Crippen LogP contribution >= 0.6 is 0 Å². The molecule has 3 aromatic heterocycles. The Balaban J connectivity index is 1.21. The highest BCUT2D eigenvalue weighted by atomic mass is 16.2. The number of nitrogens with one attached hydrogen (secondary N) is 3. The summed E-state index contributed by atoms with van der Waals surface area (Å²) in [4.78, 5) is 20.3. The molecule has 0 aliphatic rings. The third kappa shape index (κ3) is 4.65. The molecule has 0 radical (unpaired) electrons. The smallest absolute Gasteiger partial charge is 0.323 e. The van der Waals surface area contributed by atoms with Crippen LogP contribution in [0.4, 0.5) is 16.2 Å². The zero-order valence-corrected chi connectivity index (χ0v) is 20.8. The Bertz CT molecular complexity index is 1720. The van der Waals surface area contributed by atoms with Crippen molar-refractivity contribution >= 4 is 28.4 Å². The number of rotatable bonds is 6. The summed E-state index contributed by atoms with van der Waals surface area (Å²) in [5.41, 5.74) is 8.37. The number of amides is 2. The third-order valence-corrected chi connectivity index (χ3v) is 6.48. The first-order valence-electron chi connectivity index (χ1n) is 12.5. The molecule has 38 heavy (non-hydrogen) atoms. The van der Waals surface area contributed by atoms with Crippen molar-refractivity contribution in [1.29, 1.82) is 0 Å². The van der Waals surface area contributed by atoms with Gasteiger partial charge in [-0.1, -0.05) is 54.6 Å². The molecule has 6 aromatic rings. The van der Waals surface area contributed by atoms with Gasteiger partial charge in [0.15, 0.2) is 0 Å². The van der Waals surface area contributed by atoms with Crippen LogP contribution in [0.3, 0.4) is 0 Å². The Kier molecular flexibility index (Phi) is 6.16. The summed E-state index contributed by atoms with van der Waals surface area (Å²) in [6.07, 6.45) is 5.77. The normalized spacial score (nSPS) is 11.0. The van der Waals surface area contributed by atoms with Gasteiger partial charge < -0.3 is 15.6 Å². The van der Waals surface area contributed by atoms with Crippen molar-refractivity contribution in [3.05, 3.63) is 110 Å². The fourth-order valence-electron chi connectivity index (χ4n) is 4.60. The summed E-state index contributed by atoms with van der Waals surface area (Å²) >= 11 is 0. The van der Waals surface area contributed by atoms with Crippen LogP contribution in [0.1, 0.15) is 6.92 Å². The second-order valence-corrected chi connectivity index (χ2v) is 8.95. The molecule has 0 aliphatic carbocycles. The second-order valence-electron chi connectivity index (χ2n) is 8.95. The maximum atomic E-state index is 12.7. The van der Waals surface area contributed by atoms with Crippen molar-refractivity contribution in [3.8, 4) is 33.5 Å². The van der Waals surface area contributed by atoms with E-state index in [9.17, 15) is 4.79 Å². The number of hydrogen-bond donors (Lipinski definition) is 3. The Hall–Kier alpha value is -5.17. The van der Waals surface area contributed by atoms with Gasteiger partial charge in [0.25, 0.3) is 0 Å². The van der Waals surface area contributed by atoms with Crippen LogP contribution in [-0.4, -0.2) is 25.8 Å². The van der Waals surface area contributed by atoms with Crippen LogP contribution in [0, 0.1) is 0 Å². The number of aromatic amines is 1. The van der Waals surface area contributed by atoms with Gasteiger partial charge in [0, 0.05) is 53.0 Å². The number of fused-ring (bicyclic) bond motifs is 1. The number of urea groups is 1. The summed E-state index contributed by atoms with van der Waals surface area (Å²) in [5.74, 6) is 0.